The minimum atomic E-state index is -4.73. The van der Waals surface area contributed by atoms with Crippen molar-refractivity contribution in [2.45, 2.75) is 25.3 Å². The van der Waals surface area contributed by atoms with Gasteiger partial charge in [-0.3, -0.25) is 9.69 Å². The molecule has 3 aromatic heterocycles. The third-order valence-corrected chi connectivity index (χ3v) is 5.87. The molecule has 0 aliphatic carbocycles. The zero-order chi connectivity index (χ0) is 26.0. The molecule has 0 bridgehead atoms. The van der Waals surface area contributed by atoms with Crippen molar-refractivity contribution in [2.24, 2.45) is 0 Å². The number of alkyl halides is 4. The summed E-state index contributed by atoms with van der Waals surface area (Å²) in [4.78, 5) is 22.7. The largest absolute Gasteiger partial charge is 0.480 e. The standard InChI is InChI=1S/C22H25F4N7O3/c1-3-36-5-4-32-9-15(23)16(10-32)31-20(34)13-6-12(8-28-21(13)35-2)17-7-14(22(24,25)26)18-19(27)29-11-30-33(17)18/h6-8,11,15-16H,3-5,9-10H2,1-2H3,(H,31,34)(H2,27,29,30). The number of carbonyl (C=O) groups is 1. The van der Waals surface area contributed by atoms with Gasteiger partial charge in [-0.1, -0.05) is 0 Å². The predicted molar refractivity (Wildman–Crippen MR) is 121 cm³/mol. The lowest BCUT2D eigenvalue weighted by atomic mass is 10.1. The van der Waals surface area contributed by atoms with E-state index in [2.05, 4.69) is 20.4 Å². The fraction of sp³-hybridized carbons (Fsp3) is 0.455. The minimum absolute atomic E-state index is 0.0121. The van der Waals surface area contributed by atoms with Gasteiger partial charge in [0.2, 0.25) is 5.88 Å². The summed E-state index contributed by atoms with van der Waals surface area (Å²) >= 11 is 0. The van der Waals surface area contributed by atoms with Crippen LogP contribution in [0.3, 0.4) is 0 Å². The lowest BCUT2D eigenvalue weighted by Gasteiger charge is -2.17. The number of methoxy groups -OCH3 is 1. The van der Waals surface area contributed by atoms with E-state index in [1.807, 2.05) is 11.8 Å². The highest BCUT2D eigenvalue weighted by Gasteiger charge is 2.37. The van der Waals surface area contributed by atoms with E-state index in [1.54, 1.807) is 0 Å². The SMILES string of the molecule is CCOCCN1CC(F)C(NC(=O)c2cc(-c3cc(C(F)(F)F)c4c(N)ncnn34)cnc2OC)C1. The second-order valence-electron chi connectivity index (χ2n) is 8.18. The summed E-state index contributed by atoms with van der Waals surface area (Å²) in [5.74, 6) is -1.09. The number of hydrogen-bond acceptors (Lipinski definition) is 8. The smallest absolute Gasteiger partial charge is 0.418 e. The maximum Gasteiger partial charge on any atom is 0.418 e. The van der Waals surface area contributed by atoms with Crippen molar-refractivity contribution in [1.82, 2.24) is 29.8 Å². The molecular formula is C22H25F4N7O3. The maximum absolute atomic E-state index is 14.6. The molecule has 0 radical (unpaired) electrons. The molecule has 2 atom stereocenters. The van der Waals surface area contributed by atoms with Gasteiger partial charge in [0.05, 0.1) is 31.0 Å². The first-order valence-electron chi connectivity index (χ1n) is 11.1. The third-order valence-electron chi connectivity index (χ3n) is 5.87. The molecule has 0 saturated carbocycles. The first kappa shape index (κ1) is 25.6. The van der Waals surface area contributed by atoms with E-state index in [9.17, 15) is 22.4 Å². The van der Waals surface area contributed by atoms with E-state index in [0.717, 1.165) is 16.9 Å². The van der Waals surface area contributed by atoms with Gasteiger partial charge < -0.3 is 20.5 Å². The van der Waals surface area contributed by atoms with Gasteiger partial charge in [-0.2, -0.15) is 18.3 Å². The number of nitrogens with zero attached hydrogens (tertiary/aromatic N) is 5. The number of pyridine rings is 1. The summed E-state index contributed by atoms with van der Waals surface area (Å²) < 4.78 is 67.1. The van der Waals surface area contributed by atoms with Crippen LogP contribution in [0.1, 0.15) is 22.8 Å². The van der Waals surface area contributed by atoms with Crippen molar-refractivity contribution in [3.63, 3.8) is 0 Å². The Morgan fingerprint density at radius 1 is 1.28 bits per heavy atom. The van der Waals surface area contributed by atoms with Crippen molar-refractivity contribution >= 4 is 17.2 Å². The molecule has 1 aliphatic rings. The van der Waals surface area contributed by atoms with Crippen LogP contribution in [-0.4, -0.2) is 82.6 Å². The fourth-order valence-corrected chi connectivity index (χ4v) is 4.15. The molecule has 2 unspecified atom stereocenters. The number of nitrogens with two attached hydrogens (primary N) is 1. The molecule has 0 aromatic carbocycles. The average molecular weight is 511 g/mol. The predicted octanol–water partition coefficient (Wildman–Crippen LogP) is 2.19. The molecule has 14 heteroatoms. The number of halogens is 4. The van der Waals surface area contributed by atoms with Gasteiger partial charge in [0.15, 0.2) is 5.82 Å². The first-order chi connectivity index (χ1) is 17.1. The Hall–Kier alpha value is -3.52. The molecular weight excluding hydrogens is 486 g/mol. The van der Waals surface area contributed by atoms with Crippen LogP contribution < -0.4 is 15.8 Å². The van der Waals surface area contributed by atoms with Crippen molar-refractivity contribution in [3.8, 4) is 17.1 Å². The number of aromatic nitrogens is 4. The molecule has 1 aliphatic heterocycles. The molecule has 1 fully saturated rings. The first-order valence-corrected chi connectivity index (χ1v) is 11.1. The van der Waals surface area contributed by atoms with Crippen molar-refractivity contribution in [1.29, 1.82) is 0 Å². The van der Waals surface area contributed by atoms with Gasteiger partial charge in [-0.25, -0.2) is 18.9 Å². The van der Waals surface area contributed by atoms with Crippen LogP contribution in [0.4, 0.5) is 23.4 Å². The summed E-state index contributed by atoms with van der Waals surface area (Å²) in [6.45, 7) is 3.81. The number of fused-ring (bicyclic) bond motifs is 1. The lowest BCUT2D eigenvalue weighted by molar-refractivity contribution is -0.136. The second-order valence-corrected chi connectivity index (χ2v) is 8.18. The summed E-state index contributed by atoms with van der Waals surface area (Å²) in [5, 5.41) is 6.55. The number of carbonyl (C=O) groups excluding carboxylic acids is 1. The maximum atomic E-state index is 14.6. The van der Waals surface area contributed by atoms with Crippen LogP contribution >= 0.6 is 0 Å². The van der Waals surface area contributed by atoms with E-state index in [4.69, 9.17) is 15.2 Å². The quantitative estimate of drug-likeness (QED) is 0.349. The zero-order valence-corrected chi connectivity index (χ0v) is 19.5. The topological polar surface area (TPSA) is 120 Å². The number of rotatable bonds is 8. The molecule has 1 amide bonds. The van der Waals surface area contributed by atoms with Gasteiger partial charge >= 0.3 is 6.18 Å². The third kappa shape index (κ3) is 5.04. The van der Waals surface area contributed by atoms with E-state index < -0.39 is 35.4 Å². The molecule has 4 heterocycles. The van der Waals surface area contributed by atoms with Gasteiger partial charge in [0.25, 0.3) is 5.91 Å². The highest BCUT2D eigenvalue weighted by Crippen LogP contribution is 2.39. The van der Waals surface area contributed by atoms with Crippen LogP contribution in [0.5, 0.6) is 5.88 Å². The Morgan fingerprint density at radius 3 is 2.75 bits per heavy atom. The minimum Gasteiger partial charge on any atom is -0.480 e. The monoisotopic (exact) mass is 511 g/mol. The average Bonchev–Trinajstić information content (AvgIpc) is 3.40. The summed E-state index contributed by atoms with van der Waals surface area (Å²) in [6, 6.07) is 1.39. The van der Waals surface area contributed by atoms with Gasteiger partial charge in [-0.15, -0.1) is 0 Å². The van der Waals surface area contributed by atoms with E-state index >= 15 is 0 Å². The number of amides is 1. The number of hydrogen-bond donors (Lipinski definition) is 2. The molecule has 4 rings (SSSR count). The molecule has 36 heavy (non-hydrogen) atoms. The molecule has 3 N–H and O–H groups in total. The van der Waals surface area contributed by atoms with Gasteiger partial charge in [-0.05, 0) is 19.1 Å². The van der Waals surface area contributed by atoms with E-state index in [-0.39, 0.29) is 41.6 Å². The summed E-state index contributed by atoms with van der Waals surface area (Å²) in [6.07, 6.45) is -3.76. The Morgan fingerprint density at radius 2 is 2.06 bits per heavy atom. The highest BCUT2D eigenvalue weighted by molar-refractivity contribution is 5.98. The zero-order valence-electron chi connectivity index (χ0n) is 19.5. The van der Waals surface area contributed by atoms with Crippen molar-refractivity contribution in [3.05, 3.63) is 35.8 Å². The Labute approximate surface area is 203 Å². The molecule has 3 aromatic rings. The van der Waals surface area contributed by atoms with Crippen LogP contribution in [0.25, 0.3) is 16.8 Å². The molecule has 10 nitrogen and oxygen atoms in total. The summed E-state index contributed by atoms with van der Waals surface area (Å²) in [7, 11) is 1.30. The number of ether oxygens (including phenoxy) is 2. The van der Waals surface area contributed by atoms with Crippen LogP contribution in [-0.2, 0) is 10.9 Å². The molecule has 1 saturated heterocycles. The van der Waals surface area contributed by atoms with Gasteiger partial charge in [0.1, 0.15) is 23.6 Å². The normalized spacial score (nSPS) is 18.6. The van der Waals surface area contributed by atoms with Crippen molar-refractivity contribution < 1.29 is 31.8 Å². The van der Waals surface area contributed by atoms with Crippen LogP contribution in [0.15, 0.2) is 24.7 Å². The van der Waals surface area contributed by atoms with E-state index in [1.165, 1.54) is 19.4 Å². The number of anilines is 1. The number of likely N-dealkylation sites (tertiary alicyclic amines) is 1. The fourth-order valence-electron chi connectivity index (χ4n) is 4.15. The lowest BCUT2D eigenvalue weighted by Crippen LogP contribution is -2.41. The van der Waals surface area contributed by atoms with E-state index in [0.29, 0.717) is 19.8 Å². The van der Waals surface area contributed by atoms with Crippen LogP contribution in [0, 0.1) is 0 Å². The second kappa shape index (κ2) is 10.2. The number of nitrogens with one attached hydrogen (secondary N) is 1. The highest BCUT2D eigenvalue weighted by atomic mass is 19.4. The Bertz CT molecular complexity index is 1250. The number of nitrogen functional groups attached to an aromatic ring is 1. The molecule has 194 valence electrons. The van der Waals surface area contributed by atoms with Crippen LogP contribution in [0.2, 0.25) is 0 Å². The van der Waals surface area contributed by atoms with Gasteiger partial charge in [0, 0.05) is 38.0 Å². The Balaban J connectivity index is 1.64. The summed E-state index contributed by atoms with van der Waals surface area (Å²) in [5.41, 5.74) is 4.32. The Kier molecular flexibility index (Phi) is 7.26. The van der Waals surface area contributed by atoms with Crippen molar-refractivity contribution in [2.75, 3.05) is 45.7 Å². The molecule has 0 spiro atoms.